The standard InChI is InChI=1S/C29H37F3N8O/c1-19-7-8-23(16-27(19)40(34)18-26(33)25-17-35-38(4)20(25)2)36-28(41)21-13-22(29(30,31)32)15-24(14-21)37(3)11-12-39-9-5-6-10-39/h7-8,13-18H,5-6,9-12,33-34H2,1-4H3,(H,36,41)/b26-18-. The van der Waals surface area contributed by atoms with Gasteiger partial charge >= 0.3 is 6.18 Å². The number of benzene rings is 2. The summed E-state index contributed by atoms with van der Waals surface area (Å²) in [5.74, 6) is 5.64. The molecule has 0 radical (unpaired) electrons. The van der Waals surface area contributed by atoms with Crippen LogP contribution in [0.25, 0.3) is 5.70 Å². The van der Waals surface area contributed by atoms with Crippen molar-refractivity contribution in [1.29, 1.82) is 0 Å². The van der Waals surface area contributed by atoms with Crippen LogP contribution in [0.1, 0.15) is 45.6 Å². The van der Waals surface area contributed by atoms with Crippen molar-refractivity contribution < 1.29 is 18.0 Å². The summed E-state index contributed by atoms with van der Waals surface area (Å²) < 4.78 is 43.0. The Morgan fingerprint density at radius 3 is 2.49 bits per heavy atom. The van der Waals surface area contributed by atoms with Gasteiger partial charge in [-0.3, -0.25) is 14.5 Å². The quantitative estimate of drug-likeness (QED) is 0.257. The highest BCUT2D eigenvalue weighted by Crippen LogP contribution is 2.33. The molecule has 3 aromatic rings. The van der Waals surface area contributed by atoms with E-state index in [1.807, 2.05) is 20.9 Å². The van der Waals surface area contributed by atoms with Gasteiger partial charge in [-0.15, -0.1) is 0 Å². The van der Waals surface area contributed by atoms with Gasteiger partial charge in [-0.25, -0.2) is 5.84 Å². The van der Waals surface area contributed by atoms with Crippen LogP contribution in [0.3, 0.4) is 0 Å². The Balaban J connectivity index is 1.55. The van der Waals surface area contributed by atoms with Crippen LogP contribution in [-0.2, 0) is 13.2 Å². The third-order valence-corrected chi connectivity index (χ3v) is 7.47. The van der Waals surface area contributed by atoms with Gasteiger partial charge in [0.15, 0.2) is 0 Å². The molecule has 2 heterocycles. The van der Waals surface area contributed by atoms with Gasteiger partial charge in [-0.2, -0.15) is 18.3 Å². The van der Waals surface area contributed by atoms with Gasteiger partial charge < -0.3 is 20.9 Å². The molecule has 0 spiro atoms. The number of nitrogens with zero attached hydrogens (tertiary/aromatic N) is 5. The van der Waals surface area contributed by atoms with Gasteiger partial charge in [-0.1, -0.05) is 6.07 Å². The van der Waals surface area contributed by atoms with Gasteiger partial charge in [0, 0.05) is 61.6 Å². The van der Waals surface area contributed by atoms with E-state index in [-0.39, 0.29) is 5.56 Å². The highest BCUT2D eigenvalue weighted by atomic mass is 19.4. The summed E-state index contributed by atoms with van der Waals surface area (Å²) in [6.07, 6.45) is 0.861. The SMILES string of the molecule is Cc1ccc(NC(=O)c2cc(N(C)CCN3CCCC3)cc(C(F)(F)F)c2)cc1N(N)/C=C(\N)c1cnn(C)c1C. The maximum absolute atomic E-state index is 13.8. The van der Waals surface area contributed by atoms with Crippen LogP contribution in [0.4, 0.5) is 30.2 Å². The lowest BCUT2D eigenvalue weighted by molar-refractivity contribution is -0.137. The van der Waals surface area contributed by atoms with Crippen molar-refractivity contribution in [1.82, 2.24) is 14.7 Å². The molecule has 1 fully saturated rings. The van der Waals surface area contributed by atoms with Gasteiger partial charge in [0.25, 0.3) is 5.91 Å². The fraction of sp³-hybridized carbons (Fsp3) is 0.379. The molecule has 12 heteroatoms. The lowest BCUT2D eigenvalue weighted by atomic mass is 10.1. The molecule has 1 aliphatic rings. The van der Waals surface area contributed by atoms with E-state index in [1.165, 1.54) is 11.1 Å². The minimum atomic E-state index is -4.60. The van der Waals surface area contributed by atoms with Crippen molar-refractivity contribution in [2.45, 2.75) is 32.9 Å². The Labute approximate surface area is 238 Å². The molecule has 1 aliphatic heterocycles. The topological polar surface area (TPSA) is 109 Å². The van der Waals surface area contributed by atoms with E-state index in [0.29, 0.717) is 29.3 Å². The van der Waals surface area contributed by atoms with Gasteiger partial charge in [0.05, 0.1) is 23.1 Å². The van der Waals surface area contributed by atoms with Crippen LogP contribution < -0.4 is 26.8 Å². The zero-order valence-corrected chi connectivity index (χ0v) is 23.8. The first-order valence-corrected chi connectivity index (χ1v) is 13.4. The maximum Gasteiger partial charge on any atom is 0.416 e. The van der Waals surface area contributed by atoms with E-state index in [9.17, 15) is 18.0 Å². The number of rotatable bonds is 9. The Morgan fingerprint density at radius 2 is 1.85 bits per heavy atom. The summed E-state index contributed by atoms with van der Waals surface area (Å²) in [6.45, 7) is 7.01. The number of halogens is 3. The van der Waals surface area contributed by atoms with Crippen LogP contribution >= 0.6 is 0 Å². The summed E-state index contributed by atoms with van der Waals surface area (Å²) in [4.78, 5) is 17.2. The highest BCUT2D eigenvalue weighted by molar-refractivity contribution is 6.05. The van der Waals surface area contributed by atoms with Crippen LogP contribution in [0, 0.1) is 13.8 Å². The minimum Gasteiger partial charge on any atom is -0.397 e. The molecular formula is C29H37F3N8O. The second-order valence-electron chi connectivity index (χ2n) is 10.5. The van der Waals surface area contributed by atoms with Gasteiger partial charge in [0.2, 0.25) is 0 Å². The number of hydrazine groups is 1. The third-order valence-electron chi connectivity index (χ3n) is 7.47. The Kier molecular flexibility index (Phi) is 8.93. The zero-order valence-electron chi connectivity index (χ0n) is 23.8. The molecule has 0 saturated carbocycles. The molecule has 0 bridgehead atoms. The average Bonchev–Trinajstić information content (AvgIpc) is 3.57. The first-order valence-electron chi connectivity index (χ1n) is 13.4. The number of likely N-dealkylation sites (tertiary alicyclic amines) is 1. The number of amides is 1. The zero-order chi connectivity index (χ0) is 29.9. The van der Waals surface area contributed by atoms with Crippen molar-refractivity contribution >= 4 is 28.7 Å². The van der Waals surface area contributed by atoms with Crippen molar-refractivity contribution in [2.24, 2.45) is 18.6 Å². The molecular weight excluding hydrogens is 533 g/mol. The first-order chi connectivity index (χ1) is 19.3. The molecule has 1 saturated heterocycles. The second-order valence-corrected chi connectivity index (χ2v) is 10.5. The number of carbonyl (C=O) groups is 1. The molecule has 41 heavy (non-hydrogen) atoms. The van der Waals surface area contributed by atoms with Crippen LogP contribution in [0.5, 0.6) is 0 Å². The Hall–Kier alpha value is -4.03. The number of hydrogen-bond donors (Lipinski definition) is 3. The molecule has 0 unspecified atom stereocenters. The predicted octanol–water partition coefficient (Wildman–Crippen LogP) is 4.48. The number of aryl methyl sites for hydroxylation is 2. The predicted molar refractivity (Wildman–Crippen MR) is 156 cm³/mol. The Bertz CT molecular complexity index is 1430. The average molecular weight is 571 g/mol. The fourth-order valence-electron chi connectivity index (χ4n) is 4.79. The van der Waals surface area contributed by atoms with Gasteiger partial charge in [0.1, 0.15) is 0 Å². The van der Waals surface area contributed by atoms with E-state index >= 15 is 0 Å². The number of hydrogen-bond acceptors (Lipinski definition) is 7. The van der Waals surface area contributed by atoms with E-state index in [0.717, 1.165) is 61.4 Å². The van der Waals surface area contributed by atoms with E-state index in [4.69, 9.17) is 11.6 Å². The summed E-state index contributed by atoms with van der Waals surface area (Å²) in [7, 11) is 3.55. The smallest absolute Gasteiger partial charge is 0.397 e. The number of aromatic nitrogens is 2. The van der Waals surface area contributed by atoms with Crippen molar-refractivity contribution in [3.05, 3.63) is 76.7 Å². The second kappa shape index (κ2) is 12.2. The molecule has 5 N–H and O–H groups in total. The highest BCUT2D eigenvalue weighted by Gasteiger charge is 2.32. The number of carbonyl (C=O) groups excluding carboxylic acids is 1. The summed E-state index contributed by atoms with van der Waals surface area (Å²) in [6, 6.07) is 8.50. The number of likely N-dealkylation sites (N-methyl/N-ethyl adjacent to an activating group) is 1. The number of anilines is 3. The van der Waals surface area contributed by atoms with Crippen molar-refractivity contribution in [2.75, 3.05) is 48.5 Å². The number of nitrogens with one attached hydrogen (secondary N) is 1. The normalized spacial score (nSPS) is 14.4. The Morgan fingerprint density at radius 1 is 1.15 bits per heavy atom. The number of alkyl halides is 3. The molecule has 220 valence electrons. The summed E-state index contributed by atoms with van der Waals surface area (Å²) in [5, 5.41) is 8.25. The van der Waals surface area contributed by atoms with Crippen molar-refractivity contribution in [3.63, 3.8) is 0 Å². The molecule has 0 atom stereocenters. The lowest BCUT2D eigenvalue weighted by Crippen LogP contribution is -2.31. The molecule has 4 rings (SSSR count). The molecule has 9 nitrogen and oxygen atoms in total. The fourth-order valence-corrected chi connectivity index (χ4v) is 4.79. The van der Waals surface area contributed by atoms with Crippen LogP contribution in [0.15, 0.2) is 48.8 Å². The molecule has 1 aromatic heterocycles. The minimum absolute atomic E-state index is 0.0919. The summed E-state index contributed by atoms with van der Waals surface area (Å²) in [5.41, 5.74) is 9.34. The van der Waals surface area contributed by atoms with E-state index in [2.05, 4.69) is 15.3 Å². The largest absolute Gasteiger partial charge is 0.416 e. The molecule has 1 amide bonds. The van der Waals surface area contributed by atoms with E-state index < -0.39 is 17.6 Å². The van der Waals surface area contributed by atoms with Crippen LogP contribution in [-0.4, -0.2) is 53.8 Å². The summed E-state index contributed by atoms with van der Waals surface area (Å²) >= 11 is 0. The maximum atomic E-state index is 13.8. The lowest BCUT2D eigenvalue weighted by Gasteiger charge is -2.24. The number of nitrogens with two attached hydrogens (primary N) is 2. The van der Waals surface area contributed by atoms with E-state index in [1.54, 1.807) is 47.2 Å². The van der Waals surface area contributed by atoms with Crippen LogP contribution in [0.2, 0.25) is 0 Å². The first kappa shape index (κ1) is 29.9. The van der Waals surface area contributed by atoms with Crippen molar-refractivity contribution in [3.8, 4) is 0 Å². The monoisotopic (exact) mass is 570 g/mol. The third kappa shape index (κ3) is 7.19. The molecule has 0 aliphatic carbocycles. The van der Waals surface area contributed by atoms with Gasteiger partial charge in [-0.05, 0) is 75.7 Å². The molecule has 2 aromatic carbocycles.